The van der Waals surface area contributed by atoms with Gasteiger partial charge in [-0.1, -0.05) is 6.42 Å². The fourth-order valence-electron chi connectivity index (χ4n) is 3.51. The second kappa shape index (κ2) is 5.00. The monoisotopic (exact) mass is 282 g/mol. The molecule has 0 aromatic carbocycles. The van der Waals surface area contributed by atoms with Gasteiger partial charge < -0.3 is 9.80 Å². The minimum Gasteiger partial charge on any atom is -0.330 e. The van der Waals surface area contributed by atoms with Gasteiger partial charge in [-0.05, 0) is 38.4 Å². The summed E-state index contributed by atoms with van der Waals surface area (Å²) in [6.45, 7) is 1.84. The van der Waals surface area contributed by atoms with E-state index in [9.17, 15) is 9.59 Å². The van der Waals surface area contributed by atoms with E-state index in [1.54, 1.807) is 0 Å². The Bertz CT molecular complexity index is 389. The number of piperidine rings is 1. The van der Waals surface area contributed by atoms with Crippen molar-refractivity contribution < 1.29 is 9.59 Å². The molecule has 106 valence electrons. The summed E-state index contributed by atoms with van der Waals surface area (Å²) in [6.07, 6.45) is 8.72. The van der Waals surface area contributed by atoms with Crippen LogP contribution in [-0.2, 0) is 9.59 Å². The quantitative estimate of drug-likeness (QED) is 0.787. The first kappa shape index (κ1) is 13.3. The van der Waals surface area contributed by atoms with Gasteiger partial charge in [0.05, 0.1) is 6.54 Å². The molecule has 3 rings (SSSR count). The lowest BCUT2D eigenvalue weighted by molar-refractivity contribution is -0.158. The van der Waals surface area contributed by atoms with Crippen LogP contribution in [0, 0.1) is 0 Å². The van der Waals surface area contributed by atoms with Gasteiger partial charge in [0.15, 0.2) is 0 Å². The Hall–Kier alpha value is -0.710. The van der Waals surface area contributed by atoms with Crippen molar-refractivity contribution in [1.82, 2.24) is 9.80 Å². The number of amides is 2. The number of fused-ring (bicyclic) bond motifs is 1. The molecule has 0 aromatic heterocycles. The third-order valence-electron chi connectivity index (χ3n) is 4.92. The van der Waals surface area contributed by atoms with E-state index in [0.29, 0.717) is 6.54 Å². The van der Waals surface area contributed by atoms with E-state index in [0.717, 1.165) is 32.4 Å². The average molecular weight is 282 g/mol. The Balaban J connectivity index is 1.72. The molecule has 2 heterocycles. The van der Waals surface area contributed by atoms with Gasteiger partial charge in [0, 0.05) is 17.8 Å². The van der Waals surface area contributed by atoms with E-state index in [4.69, 9.17) is 0 Å². The highest BCUT2D eigenvalue weighted by Gasteiger charge is 2.45. The minimum atomic E-state index is -0.158. The fraction of sp³-hybridized carbons (Fsp3) is 0.857. The molecule has 1 aliphatic carbocycles. The molecule has 0 aromatic rings. The number of hydrogen-bond donors (Lipinski definition) is 0. The lowest BCUT2D eigenvalue weighted by Crippen LogP contribution is -2.63. The van der Waals surface area contributed by atoms with Crippen molar-refractivity contribution in [2.75, 3.05) is 25.9 Å². The zero-order chi connectivity index (χ0) is 13.5. The van der Waals surface area contributed by atoms with Crippen LogP contribution in [0.1, 0.15) is 38.5 Å². The highest BCUT2D eigenvalue weighted by atomic mass is 32.2. The SMILES string of the molecule is CSC1(CN2CC(=O)N3CCCCC3C2=O)CCC1. The van der Waals surface area contributed by atoms with Crippen LogP contribution < -0.4 is 0 Å². The third-order valence-corrected chi connectivity index (χ3v) is 6.33. The first-order valence-electron chi connectivity index (χ1n) is 7.29. The Labute approximate surface area is 118 Å². The predicted octanol–water partition coefficient (Wildman–Crippen LogP) is 1.50. The summed E-state index contributed by atoms with van der Waals surface area (Å²) in [5, 5.41) is 0. The first-order valence-corrected chi connectivity index (χ1v) is 8.51. The molecule has 1 unspecified atom stereocenters. The number of carbonyl (C=O) groups excluding carboxylic acids is 2. The topological polar surface area (TPSA) is 40.6 Å². The number of rotatable bonds is 3. The van der Waals surface area contributed by atoms with Crippen LogP contribution in [0.5, 0.6) is 0 Å². The van der Waals surface area contributed by atoms with Crippen LogP contribution in [-0.4, -0.2) is 58.3 Å². The van der Waals surface area contributed by atoms with E-state index >= 15 is 0 Å². The van der Waals surface area contributed by atoms with Crippen LogP contribution >= 0.6 is 11.8 Å². The summed E-state index contributed by atoms with van der Waals surface area (Å²) in [5.41, 5.74) is 0. The number of carbonyl (C=O) groups is 2. The molecule has 0 spiro atoms. The van der Waals surface area contributed by atoms with Crippen molar-refractivity contribution in [3.05, 3.63) is 0 Å². The van der Waals surface area contributed by atoms with Crippen molar-refractivity contribution in [1.29, 1.82) is 0 Å². The zero-order valence-corrected chi connectivity index (χ0v) is 12.4. The molecule has 0 bridgehead atoms. The van der Waals surface area contributed by atoms with Gasteiger partial charge in [-0.2, -0.15) is 11.8 Å². The van der Waals surface area contributed by atoms with Crippen LogP contribution in [0.25, 0.3) is 0 Å². The molecule has 5 heteroatoms. The molecule has 4 nitrogen and oxygen atoms in total. The normalized spacial score (nSPS) is 30.1. The van der Waals surface area contributed by atoms with E-state index in [1.807, 2.05) is 21.6 Å². The summed E-state index contributed by atoms with van der Waals surface area (Å²) in [4.78, 5) is 28.4. The molecular weight excluding hydrogens is 260 g/mol. The van der Waals surface area contributed by atoms with Gasteiger partial charge >= 0.3 is 0 Å². The van der Waals surface area contributed by atoms with E-state index in [1.165, 1.54) is 19.3 Å². The number of piperazine rings is 1. The van der Waals surface area contributed by atoms with Crippen LogP contribution in [0.15, 0.2) is 0 Å². The van der Waals surface area contributed by atoms with Gasteiger partial charge in [0.1, 0.15) is 6.04 Å². The molecule has 1 saturated carbocycles. The minimum absolute atomic E-state index is 0.153. The number of hydrogen-bond acceptors (Lipinski definition) is 3. The molecule has 3 aliphatic rings. The summed E-state index contributed by atoms with van der Waals surface area (Å²) in [5.74, 6) is 0.347. The number of nitrogens with zero attached hydrogens (tertiary/aromatic N) is 2. The Morgan fingerprint density at radius 2 is 2.05 bits per heavy atom. The lowest BCUT2D eigenvalue weighted by atomic mass is 9.83. The molecule has 2 amide bonds. The van der Waals surface area contributed by atoms with Crippen LogP contribution in [0.2, 0.25) is 0 Å². The van der Waals surface area contributed by atoms with Crippen molar-refractivity contribution in [3.63, 3.8) is 0 Å². The number of thioether (sulfide) groups is 1. The maximum Gasteiger partial charge on any atom is 0.245 e. The predicted molar refractivity (Wildman–Crippen MR) is 76.0 cm³/mol. The Morgan fingerprint density at radius 3 is 2.68 bits per heavy atom. The molecule has 2 saturated heterocycles. The fourth-order valence-corrected chi connectivity index (χ4v) is 4.49. The van der Waals surface area contributed by atoms with Crippen molar-refractivity contribution in [2.24, 2.45) is 0 Å². The molecule has 3 fully saturated rings. The van der Waals surface area contributed by atoms with Crippen molar-refractivity contribution in [3.8, 4) is 0 Å². The standard InChI is InChI=1S/C14H22N2O2S/c1-19-14(6-4-7-14)10-15-9-12(17)16-8-3-2-5-11(16)13(15)18/h11H,2-10H2,1H3. The summed E-state index contributed by atoms with van der Waals surface area (Å²) >= 11 is 1.87. The smallest absolute Gasteiger partial charge is 0.245 e. The summed E-state index contributed by atoms with van der Waals surface area (Å²) in [7, 11) is 0. The molecule has 0 N–H and O–H groups in total. The van der Waals surface area contributed by atoms with Crippen LogP contribution in [0.3, 0.4) is 0 Å². The highest BCUT2D eigenvalue weighted by Crippen LogP contribution is 2.43. The zero-order valence-electron chi connectivity index (χ0n) is 11.6. The summed E-state index contributed by atoms with van der Waals surface area (Å²) < 4.78 is 0.229. The van der Waals surface area contributed by atoms with Crippen molar-refractivity contribution in [2.45, 2.75) is 49.3 Å². The van der Waals surface area contributed by atoms with Crippen LogP contribution in [0.4, 0.5) is 0 Å². The Morgan fingerprint density at radius 1 is 1.26 bits per heavy atom. The lowest BCUT2D eigenvalue weighted by Gasteiger charge is -2.48. The van der Waals surface area contributed by atoms with Gasteiger partial charge in [0.2, 0.25) is 11.8 Å². The maximum atomic E-state index is 12.6. The largest absolute Gasteiger partial charge is 0.330 e. The molecule has 0 radical (unpaired) electrons. The van der Waals surface area contributed by atoms with Gasteiger partial charge in [-0.3, -0.25) is 9.59 Å². The Kier molecular flexibility index (Phi) is 3.50. The molecule has 1 atom stereocenters. The summed E-state index contributed by atoms with van der Waals surface area (Å²) in [6, 6.07) is -0.158. The molecule has 2 aliphatic heterocycles. The van der Waals surface area contributed by atoms with Gasteiger partial charge in [-0.15, -0.1) is 0 Å². The second-order valence-corrected chi connectivity index (χ2v) is 7.31. The van der Waals surface area contributed by atoms with Gasteiger partial charge in [0.25, 0.3) is 0 Å². The van der Waals surface area contributed by atoms with E-state index in [-0.39, 0.29) is 22.6 Å². The van der Waals surface area contributed by atoms with E-state index in [2.05, 4.69) is 6.26 Å². The molecular formula is C14H22N2O2S. The maximum absolute atomic E-state index is 12.6. The second-order valence-electron chi connectivity index (χ2n) is 6.03. The van der Waals surface area contributed by atoms with E-state index < -0.39 is 0 Å². The highest BCUT2D eigenvalue weighted by molar-refractivity contribution is 8.00. The first-order chi connectivity index (χ1) is 9.15. The van der Waals surface area contributed by atoms with Crippen molar-refractivity contribution >= 4 is 23.6 Å². The molecule has 19 heavy (non-hydrogen) atoms. The third kappa shape index (κ3) is 2.26. The van der Waals surface area contributed by atoms with Gasteiger partial charge in [-0.25, -0.2) is 0 Å². The average Bonchev–Trinajstić information content (AvgIpc) is 2.39.